The molecule has 0 spiro atoms. The zero-order valence-electron chi connectivity index (χ0n) is 13.3. The van der Waals surface area contributed by atoms with Crippen molar-refractivity contribution in [3.63, 3.8) is 0 Å². The molecule has 1 atom stereocenters. The van der Waals surface area contributed by atoms with Crippen molar-refractivity contribution >= 4 is 6.20 Å². The minimum Gasteiger partial charge on any atom is -0.351 e. The predicted octanol–water partition coefficient (Wildman–Crippen LogP) is 2.18. The molecule has 0 saturated heterocycles. The van der Waals surface area contributed by atoms with Gasteiger partial charge in [0.15, 0.2) is 5.66 Å². The van der Waals surface area contributed by atoms with Crippen molar-refractivity contribution in [2.24, 2.45) is 4.99 Å². The van der Waals surface area contributed by atoms with Gasteiger partial charge >= 0.3 is 0 Å². The maximum atomic E-state index is 5.00. The molecule has 1 aliphatic rings. The van der Waals surface area contributed by atoms with Crippen molar-refractivity contribution < 1.29 is 0 Å². The fourth-order valence-corrected chi connectivity index (χ4v) is 3.01. The van der Waals surface area contributed by atoms with Crippen LogP contribution in [0.5, 0.6) is 0 Å². The van der Waals surface area contributed by atoms with Gasteiger partial charge in [0, 0.05) is 25.0 Å². The summed E-state index contributed by atoms with van der Waals surface area (Å²) in [6.45, 7) is 8.65. The molecule has 1 aliphatic heterocycles. The molecule has 2 aromatic rings. The summed E-state index contributed by atoms with van der Waals surface area (Å²) in [5.74, 6) is 0. The Kier molecular flexibility index (Phi) is 3.08. The number of nitrogens with zero attached hydrogens (tertiary/aromatic N) is 3. The molecule has 3 heteroatoms. The predicted molar refractivity (Wildman–Crippen MR) is 85.3 cm³/mol. The normalized spacial score (nSPS) is 20.5. The number of rotatable bonds is 1. The second kappa shape index (κ2) is 4.69. The minimum atomic E-state index is -0.392. The second-order valence-corrected chi connectivity index (χ2v) is 6.03. The van der Waals surface area contributed by atoms with E-state index in [1.165, 1.54) is 22.3 Å². The largest absolute Gasteiger partial charge is 0.351 e. The summed E-state index contributed by atoms with van der Waals surface area (Å²) in [5.41, 5.74) is 4.76. The zero-order valence-corrected chi connectivity index (χ0v) is 13.3. The molecule has 0 aliphatic carbocycles. The summed E-state index contributed by atoms with van der Waals surface area (Å²) in [6, 6.07) is 8.44. The van der Waals surface area contributed by atoms with E-state index >= 15 is 0 Å². The van der Waals surface area contributed by atoms with E-state index in [-0.39, 0.29) is 0 Å². The van der Waals surface area contributed by atoms with Crippen LogP contribution < -0.4 is 10.7 Å². The SMILES string of the molecule is Cc1cc(C)c(C)c(C2(C)N=c3cccnc3=CN2C)c1. The van der Waals surface area contributed by atoms with Crippen LogP contribution in [-0.4, -0.2) is 16.9 Å². The van der Waals surface area contributed by atoms with E-state index in [4.69, 9.17) is 4.99 Å². The quantitative estimate of drug-likeness (QED) is 0.800. The third-order valence-corrected chi connectivity index (χ3v) is 4.48. The summed E-state index contributed by atoms with van der Waals surface area (Å²) in [6.07, 6.45) is 3.89. The summed E-state index contributed by atoms with van der Waals surface area (Å²) in [5, 5.41) is 1.89. The third kappa shape index (κ3) is 2.13. The molecule has 108 valence electrons. The minimum absolute atomic E-state index is 0.392. The Morgan fingerprint density at radius 3 is 2.67 bits per heavy atom. The van der Waals surface area contributed by atoms with Gasteiger partial charge in [0.05, 0.1) is 5.36 Å². The Hall–Kier alpha value is -2.16. The van der Waals surface area contributed by atoms with Gasteiger partial charge < -0.3 is 4.90 Å². The van der Waals surface area contributed by atoms with E-state index in [1.54, 1.807) is 0 Å². The number of aryl methyl sites for hydroxylation is 2. The topological polar surface area (TPSA) is 28.5 Å². The standard InChI is InChI=1S/C18H21N3/c1-12-9-13(2)14(3)15(10-12)18(4)20-16-7-6-8-19-17(16)11-21(18)5/h6-11H,1-5H3. The van der Waals surface area contributed by atoms with Crippen LogP contribution in [0, 0.1) is 20.8 Å². The number of hydrogen-bond donors (Lipinski definition) is 0. The van der Waals surface area contributed by atoms with Gasteiger partial charge in [-0.05, 0) is 51.0 Å². The fourth-order valence-electron chi connectivity index (χ4n) is 3.01. The average molecular weight is 279 g/mol. The lowest BCUT2D eigenvalue weighted by Gasteiger charge is -2.38. The smallest absolute Gasteiger partial charge is 0.155 e. The summed E-state index contributed by atoms with van der Waals surface area (Å²) >= 11 is 0. The molecular weight excluding hydrogens is 258 g/mol. The maximum absolute atomic E-state index is 5.00. The lowest BCUT2D eigenvalue weighted by Crippen LogP contribution is -2.47. The van der Waals surface area contributed by atoms with Gasteiger partial charge in [0.2, 0.25) is 0 Å². The Bertz CT molecular complexity index is 823. The van der Waals surface area contributed by atoms with Gasteiger partial charge in [-0.3, -0.25) is 9.98 Å². The van der Waals surface area contributed by atoms with E-state index in [0.717, 1.165) is 10.7 Å². The molecule has 0 N–H and O–H groups in total. The Labute approximate surface area is 125 Å². The monoisotopic (exact) mass is 279 g/mol. The molecule has 1 aromatic heterocycles. The zero-order chi connectivity index (χ0) is 15.2. The van der Waals surface area contributed by atoms with Gasteiger partial charge in [-0.2, -0.15) is 0 Å². The van der Waals surface area contributed by atoms with E-state index in [0.29, 0.717) is 0 Å². The third-order valence-electron chi connectivity index (χ3n) is 4.48. The van der Waals surface area contributed by atoms with Crippen molar-refractivity contribution in [2.75, 3.05) is 7.05 Å². The Morgan fingerprint density at radius 1 is 1.14 bits per heavy atom. The molecule has 2 heterocycles. The van der Waals surface area contributed by atoms with Gasteiger partial charge in [-0.1, -0.05) is 17.7 Å². The molecule has 1 unspecified atom stereocenters. The molecule has 0 saturated carbocycles. The lowest BCUT2D eigenvalue weighted by molar-refractivity contribution is 0.223. The van der Waals surface area contributed by atoms with E-state index in [1.807, 2.05) is 18.3 Å². The van der Waals surface area contributed by atoms with Crippen molar-refractivity contribution in [3.05, 3.63) is 63.4 Å². The first kappa shape index (κ1) is 13.8. The van der Waals surface area contributed by atoms with Crippen LogP contribution in [0.1, 0.15) is 29.2 Å². The molecule has 0 bridgehead atoms. The highest BCUT2D eigenvalue weighted by atomic mass is 15.3. The maximum Gasteiger partial charge on any atom is 0.155 e. The Balaban J connectivity index is 2.30. The first-order valence-electron chi connectivity index (χ1n) is 7.26. The van der Waals surface area contributed by atoms with Crippen molar-refractivity contribution in [2.45, 2.75) is 33.4 Å². The average Bonchev–Trinajstić information content (AvgIpc) is 2.44. The van der Waals surface area contributed by atoms with Crippen molar-refractivity contribution in [1.82, 2.24) is 9.88 Å². The van der Waals surface area contributed by atoms with Gasteiger partial charge in [-0.15, -0.1) is 0 Å². The lowest BCUT2D eigenvalue weighted by atomic mass is 9.90. The first-order chi connectivity index (χ1) is 9.91. The van der Waals surface area contributed by atoms with Crippen LogP contribution in [0.4, 0.5) is 0 Å². The van der Waals surface area contributed by atoms with E-state index < -0.39 is 5.66 Å². The fraction of sp³-hybridized carbons (Fsp3) is 0.333. The van der Waals surface area contributed by atoms with Crippen LogP contribution in [0.15, 0.2) is 35.5 Å². The second-order valence-electron chi connectivity index (χ2n) is 6.03. The van der Waals surface area contributed by atoms with Gasteiger partial charge in [0.1, 0.15) is 5.35 Å². The molecule has 3 nitrogen and oxygen atoms in total. The number of pyridine rings is 1. The highest BCUT2D eigenvalue weighted by Gasteiger charge is 2.33. The number of benzene rings is 1. The molecule has 0 fully saturated rings. The Morgan fingerprint density at radius 2 is 1.90 bits per heavy atom. The highest BCUT2D eigenvalue weighted by Crippen LogP contribution is 2.33. The van der Waals surface area contributed by atoms with Crippen LogP contribution in [0.3, 0.4) is 0 Å². The van der Waals surface area contributed by atoms with Gasteiger partial charge in [-0.25, -0.2) is 0 Å². The van der Waals surface area contributed by atoms with Crippen LogP contribution in [0.25, 0.3) is 6.20 Å². The molecule has 0 amide bonds. The molecule has 21 heavy (non-hydrogen) atoms. The highest BCUT2D eigenvalue weighted by molar-refractivity contribution is 5.43. The van der Waals surface area contributed by atoms with Gasteiger partial charge in [0.25, 0.3) is 0 Å². The summed E-state index contributed by atoms with van der Waals surface area (Å²) in [4.78, 5) is 11.6. The van der Waals surface area contributed by atoms with Crippen molar-refractivity contribution in [3.8, 4) is 0 Å². The first-order valence-corrected chi connectivity index (χ1v) is 7.26. The summed E-state index contributed by atoms with van der Waals surface area (Å²) < 4.78 is 0. The van der Waals surface area contributed by atoms with E-state index in [2.05, 4.69) is 63.0 Å². The number of aromatic nitrogens is 1. The molecular formula is C18H21N3. The molecule has 1 aromatic carbocycles. The van der Waals surface area contributed by atoms with Crippen LogP contribution in [0.2, 0.25) is 0 Å². The van der Waals surface area contributed by atoms with E-state index in [9.17, 15) is 0 Å². The molecule has 0 radical (unpaired) electrons. The van der Waals surface area contributed by atoms with Crippen LogP contribution in [-0.2, 0) is 5.66 Å². The van der Waals surface area contributed by atoms with Crippen LogP contribution >= 0.6 is 0 Å². The number of hydrogen-bond acceptors (Lipinski definition) is 3. The number of fused-ring (bicyclic) bond motifs is 1. The van der Waals surface area contributed by atoms with Crippen molar-refractivity contribution in [1.29, 1.82) is 0 Å². The summed E-state index contributed by atoms with van der Waals surface area (Å²) in [7, 11) is 2.07. The molecule has 3 rings (SSSR count).